The van der Waals surface area contributed by atoms with Crippen LogP contribution in [0.5, 0.6) is 0 Å². The van der Waals surface area contributed by atoms with Crippen molar-refractivity contribution >= 4 is 39.3 Å². The van der Waals surface area contributed by atoms with E-state index in [0.29, 0.717) is 24.8 Å². The third-order valence-corrected chi connectivity index (χ3v) is 11.0. The number of benzene rings is 1. The lowest BCUT2D eigenvalue weighted by Gasteiger charge is -2.40. The van der Waals surface area contributed by atoms with E-state index in [-0.39, 0.29) is 23.7 Å². The number of amides is 2. The maximum Gasteiger partial charge on any atom is 0.233 e. The monoisotopic (exact) mass is 524 g/mol. The van der Waals surface area contributed by atoms with Crippen LogP contribution in [-0.2, 0) is 9.59 Å². The fourth-order valence-corrected chi connectivity index (χ4v) is 9.04. The van der Waals surface area contributed by atoms with E-state index in [9.17, 15) is 19.8 Å². The molecule has 198 valence electrons. The third kappa shape index (κ3) is 3.84. The molecule has 2 N–H and O–H groups in total. The van der Waals surface area contributed by atoms with Gasteiger partial charge in [0.1, 0.15) is 5.82 Å². The lowest BCUT2D eigenvalue weighted by Crippen LogP contribution is -2.49. The number of fused-ring (bicyclic) bond motifs is 6. The summed E-state index contributed by atoms with van der Waals surface area (Å²) < 4.78 is 5.97. The minimum absolute atomic E-state index is 0.0955. The van der Waals surface area contributed by atoms with Crippen LogP contribution in [0, 0.1) is 35.5 Å². The van der Waals surface area contributed by atoms with Crippen LogP contribution in [0.4, 0.5) is 5.82 Å². The van der Waals surface area contributed by atoms with Gasteiger partial charge >= 0.3 is 0 Å². The van der Waals surface area contributed by atoms with Crippen LogP contribution in [0.25, 0.3) is 10.1 Å². The van der Waals surface area contributed by atoms with Crippen molar-refractivity contribution in [2.24, 2.45) is 35.5 Å². The Hall–Kier alpha value is -2.07. The number of aliphatic hydroxyl groups excluding tert-OH is 2. The lowest BCUT2D eigenvalue weighted by atomic mass is 9.78. The zero-order chi connectivity index (χ0) is 25.3. The van der Waals surface area contributed by atoms with E-state index in [1.54, 1.807) is 11.5 Å². The first-order valence-electron chi connectivity index (χ1n) is 14.0. The Morgan fingerprint density at radius 2 is 1.49 bits per heavy atom. The van der Waals surface area contributed by atoms with Gasteiger partial charge in [0.05, 0.1) is 28.7 Å². The minimum Gasteiger partial charge on any atom is -0.390 e. The molecule has 5 fully saturated rings. The van der Waals surface area contributed by atoms with Crippen LogP contribution in [0.2, 0.25) is 0 Å². The quantitative estimate of drug-likeness (QED) is 0.579. The van der Waals surface area contributed by atoms with Crippen LogP contribution < -0.4 is 4.90 Å². The minimum atomic E-state index is -0.869. The van der Waals surface area contributed by atoms with Gasteiger partial charge in [-0.3, -0.25) is 19.4 Å². The molecule has 8 atom stereocenters. The SMILES string of the molecule is O=C1C2C3CC(C(O)C3O)C2C(=O)N1CC1CCCCC1CN1CCN(c2nsc3ccccc23)CC1. The predicted octanol–water partition coefficient (Wildman–Crippen LogP) is 2.20. The Bertz CT molecular complexity index is 1160. The summed E-state index contributed by atoms with van der Waals surface area (Å²) in [5, 5.41) is 22.0. The van der Waals surface area contributed by atoms with Crippen molar-refractivity contribution in [3.8, 4) is 0 Å². The van der Waals surface area contributed by atoms with Gasteiger partial charge in [0.15, 0.2) is 0 Å². The molecule has 2 aliphatic heterocycles. The number of imide groups is 1. The standard InChI is InChI=1S/C28H36N4O4S/c33-24-19-13-20(25(24)34)23-22(19)27(35)32(28(23)36)15-17-6-2-1-5-16(17)14-30-9-11-31(12-10-30)26-18-7-3-4-8-21(18)37-29-26/h3-4,7-8,16-17,19-20,22-25,33-34H,1-2,5-6,9-15H2. The Morgan fingerprint density at radius 1 is 0.865 bits per heavy atom. The molecule has 5 aliphatic rings. The van der Waals surface area contributed by atoms with E-state index in [2.05, 4.69) is 34.1 Å². The normalized spacial score (nSPS) is 38.2. The number of aliphatic hydroxyl groups is 2. The van der Waals surface area contributed by atoms with Gasteiger partial charge in [0.25, 0.3) is 0 Å². The summed E-state index contributed by atoms with van der Waals surface area (Å²) in [6, 6.07) is 8.44. The fourth-order valence-electron chi connectivity index (χ4n) is 8.25. The molecule has 7 rings (SSSR count). The van der Waals surface area contributed by atoms with Crippen molar-refractivity contribution in [2.45, 2.75) is 44.3 Å². The van der Waals surface area contributed by atoms with Gasteiger partial charge in [0.2, 0.25) is 11.8 Å². The number of likely N-dealkylation sites (tertiary alicyclic amines) is 1. The molecular weight excluding hydrogens is 488 g/mol. The van der Waals surface area contributed by atoms with Crippen molar-refractivity contribution < 1.29 is 19.8 Å². The second-order valence-corrected chi connectivity index (χ2v) is 12.8. The second kappa shape index (κ2) is 9.29. The van der Waals surface area contributed by atoms with Crippen LogP contribution in [0.1, 0.15) is 32.1 Å². The largest absolute Gasteiger partial charge is 0.390 e. The van der Waals surface area contributed by atoms with Gasteiger partial charge in [-0.05, 0) is 54.8 Å². The highest BCUT2D eigenvalue weighted by Gasteiger charge is 2.67. The summed E-state index contributed by atoms with van der Waals surface area (Å²) in [4.78, 5) is 33.2. The Balaban J connectivity index is 0.991. The topological polar surface area (TPSA) is 97.2 Å². The highest BCUT2D eigenvalue weighted by Crippen LogP contribution is 2.56. The first-order chi connectivity index (χ1) is 18.0. The number of rotatable bonds is 5. The van der Waals surface area contributed by atoms with E-state index >= 15 is 0 Å². The van der Waals surface area contributed by atoms with E-state index in [0.717, 1.165) is 57.8 Å². The number of hydrogen-bond acceptors (Lipinski definition) is 8. The molecule has 3 saturated carbocycles. The van der Waals surface area contributed by atoms with Crippen molar-refractivity contribution in [1.29, 1.82) is 0 Å². The number of carbonyl (C=O) groups excluding carboxylic acids is 2. The molecular formula is C28H36N4O4S. The van der Waals surface area contributed by atoms with E-state index < -0.39 is 24.0 Å². The summed E-state index contributed by atoms with van der Waals surface area (Å²) in [6.45, 7) is 5.45. The van der Waals surface area contributed by atoms with Crippen molar-refractivity contribution in [1.82, 2.24) is 14.2 Å². The van der Waals surface area contributed by atoms with Crippen molar-refractivity contribution in [3.63, 3.8) is 0 Å². The maximum atomic E-state index is 13.3. The molecule has 2 saturated heterocycles. The highest BCUT2D eigenvalue weighted by molar-refractivity contribution is 7.13. The fraction of sp³-hybridized carbons (Fsp3) is 0.679. The van der Waals surface area contributed by atoms with Gasteiger partial charge < -0.3 is 15.1 Å². The van der Waals surface area contributed by atoms with Crippen LogP contribution in [0.15, 0.2) is 24.3 Å². The summed E-state index contributed by atoms with van der Waals surface area (Å²) in [5.74, 6) is 0.350. The average Bonchev–Trinajstić information content (AvgIpc) is 3.65. The van der Waals surface area contributed by atoms with Gasteiger partial charge in [-0.1, -0.05) is 25.0 Å². The maximum absolute atomic E-state index is 13.3. The molecule has 1 aromatic heterocycles. The van der Waals surface area contributed by atoms with Gasteiger partial charge in [-0.15, -0.1) is 0 Å². The summed E-state index contributed by atoms with van der Waals surface area (Å²) in [6.07, 6.45) is 3.42. The molecule has 8 unspecified atom stereocenters. The van der Waals surface area contributed by atoms with Crippen LogP contribution >= 0.6 is 11.5 Å². The molecule has 3 heterocycles. The van der Waals surface area contributed by atoms with Gasteiger partial charge in [-0.25, -0.2) is 0 Å². The molecule has 9 heteroatoms. The zero-order valence-electron chi connectivity index (χ0n) is 21.1. The molecule has 8 nitrogen and oxygen atoms in total. The number of nitrogens with zero attached hydrogens (tertiary/aromatic N) is 4. The molecule has 2 amide bonds. The first kappa shape index (κ1) is 24.0. The number of piperazine rings is 1. The molecule has 0 spiro atoms. The van der Waals surface area contributed by atoms with E-state index in [1.165, 1.54) is 21.4 Å². The second-order valence-electron chi connectivity index (χ2n) is 12.0. The van der Waals surface area contributed by atoms with Crippen LogP contribution in [0.3, 0.4) is 0 Å². The number of hydrogen-bond donors (Lipinski definition) is 2. The number of anilines is 1. The molecule has 37 heavy (non-hydrogen) atoms. The highest BCUT2D eigenvalue weighted by atomic mass is 32.1. The number of aromatic nitrogens is 1. The first-order valence-corrected chi connectivity index (χ1v) is 14.8. The molecule has 2 aromatic rings. The Labute approximate surface area is 221 Å². The summed E-state index contributed by atoms with van der Waals surface area (Å²) in [5.41, 5.74) is 0. The van der Waals surface area contributed by atoms with Crippen molar-refractivity contribution in [2.75, 3.05) is 44.2 Å². The van der Waals surface area contributed by atoms with Crippen LogP contribution in [-0.4, -0.2) is 87.7 Å². The zero-order valence-corrected chi connectivity index (χ0v) is 21.9. The summed E-state index contributed by atoms with van der Waals surface area (Å²) >= 11 is 1.57. The lowest BCUT2D eigenvalue weighted by molar-refractivity contribution is -0.142. The van der Waals surface area contributed by atoms with Crippen molar-refractivity contribution in [3.05, 3.63) is 24.3 Å². The molecule has 0 radical (unpaired) electrons. The van der Waals surface area contributed by atoms with E-state index in [4.69, 9.17) is 4.37 Å². The molecule has 2 bridgehead atoms. The van der Waals surface area contributed by atoms with Gasteiger partial charge in [-0.2, -0.15) is 4.37 Å². The Morgan fingerprint density at radius 3 is 2.16 bits per heavy atom. The molecule has 3 aliphatic carbocycles. The third-order valence-electron chi connectivity index (χ3n) is 10.2. The summed E-state index contributed by atoms with van der Waals surface area (Å²) in [7, 11) is 0. The predicted molar refractivity (Wildman–Crippen MR) is 141 cm³/mol. The number of carbonyl (C=O) groups is 2. The average molecular weight is 525 g/mol. The van der Waals surface area contributed by atoms with E-state index in [1.807, 2.05) is 0 Å². The molecule has 1 aromatic carbocycles. The van der Waals surface area contributed by atoms with Gasteiger partial charge in [0, 0.05) is 56.5 Å². The smallest absolute Gasteiger partial charge is 0.233 e. The Kier molecular flexibility index (Phi) is 6.03.